The van der Waals surface area contributed by atoms with E-state index in [0.29, 0.717) is 18.7 Å². The van der Waals surface area contributed by atoms with Crippen molar-refractivity contribution in [3.63, 3.8) is 0 Å². The van der Waals surface area contributed by atoms with Gasteiger partial charge in [-0.15, -0.1) is 0 Å². The summed E-state index contributed by atoms with van der Waals surface area (Å²) in [5.74, 6) is -1.73. The van der Waals surface area contributed by atoms with Crippen LogP contribution in [0.3, 0.4) is 0 Å². The zero-order chi connectivity index (χ0) is 19.4. The molecule has 1 unspecified atom stereocenters. The highest BCUT2D eigenvalue weighted by Gasteiger charge is 2.21. The molecule has 1 saturated heterocycles. The summed E-state index contributed by atoms with van der Waals surface area (Å²) < 4.78 is 40.2. The van der Waals surface area contributed by atoms with E-state index in [1.807, 2.05) is 22.6 Å². The molecule has 2 aromatic carbocycles. The SMILES string of the molecule is NC(=O)c1c(Cc2ccc(I)cc2F)cc(F)cc1OCC1CNCCO1. The van der Waals surface area contributed by atoms with Crippen LogP contribution in [0.1, 0.15) is 21.5 Å². The number of amides is 1. The Hall–Kier alpha value is -1.78. The van der Waals surface area contributed by atoms with Crippen LogP contribution in [0.15, 0.2) is 30.3 Å². The molecule has 144 valence electrons. The zero-order valence-corrected chi connectivity index (χ0v) is 16.6. The zero-order valence-electron chi connectivity index (χ0n) is 14.4. The van der Waals surface area contributed by atoms with Crippen molar-refractivity contribution in [2.45, 2.75) is 12.5 Å². The molecule has 1 fully saturated rings. The number of hydrogen-bond donors (Lipinski definition) is 2. The van der Waals surface area contributed by atoms with Gasteiger partial charge < -0.3 is 20.5 Å². The minimum absolute atomic E-state index is 0.0244. The number of primary amides is 1. The van der Waals surface area contributed by atoms with Gasteiger partial charge in [0.15, 0.2) is 0 Å². The first-order valence-corrected chi connectivity index (χ1v) is 9.53. The van der Waals surface area contributed by atoms with Crippen LogP contribution in [0.5, 0.6) is 5.75 Å². The second kappa shape index (κ2) is 8.94. The molecule has 1 amide bonds. The number of rotatable bonds is 6. The molecular weight excluding hydrogens is 469 g/mol. The van der Waals surface area contributed by atoms with E-state index < -0.39 is 17.5 Å². The maximum Gasteiger partial charge on any atom is 0.252 e. The number of ether oxygens (including phenoxy) is 2. The van der Waals surface area contributed by atoms with Crippen molar-refractivity contribution in [2.24, 2.45) is 5.73 Å². The number of carbonyl (C=O) groups excluding carboxylic acids is 1. The van der Waals surface area contributed by atoms with Gasteiger partial charge in [0.05, 0.1) is 12.2 Å². The predicted molar refractivity (Wildman–Crippen MR) is 105 cm³/mol. The fraction of sp³-hybridized carbons (Fsp3) is 0.316. The second-order valence-electron chi connectivity index (χ2n) is 6.22. The molecule has 3 rings (SSSR count). The van der Waals surface area contributed by atoms with Crippen LogP contribution in [-0.4, -0.2) is 38.3 Å². The Morgan fingerprint density at radius 1 is 1.30 bits per heavy atom. The largest absolute Gasteiger partial charge is 0.490 e. The minimum atomic E-state index is -0.756. The topological polar surface area (TPSA) is 73.6 Å². The molecule has 0 bridgehead atoms. The van der Waals surface area contributed by atoms with E-state index in [4.69, 9.17) is 15.2 Å². The molecule has 1 aliphatic rings. The van der Waals surface area contributed by atoms with Crippen molar-refractivity contribution in [3.8, 4) is 5.75 Å². The second-order valence-corrected chi connectivity index (χ2v) is 7.47. The average Bonchev–Trinajstić information content (AvgIpc) is 2.62. The van der Waals surface area contributed by atoms with Gasteiger partial charge in [0.25, 0.3) is 5.91 Å². The first kappa shape index (κ1) is 20.0. The van der Waals surface area contributed by atoms with E-state index in [0.717, 1.165) is 16.2 Å². The predicted octanol–water partition coefficient (Wildman–Crippen LogP) is 2.63. The Morgan fingerprint density at radius 3 is 2.78 bits per heavy atom. The van der Waals surface area contributed by atoms with E-state index in [2.05, 4.69) is 5.32 Å². The van der Waals surface area contributed by atoms with E-state index in [9.17, 15) is 13.6 Å². The number of nitrogens with two attached hydrogens (primary N) is 1. The number of hydrogen-bond acceptors (Lipinski definition) is 4. The molecule has 0 spiro atoms. The third-order valence-electron chi connectivity index (χ3n) is 4.22. The summed E-state index contributed by atoms with van der Waals surface area (Å²) in [6.07, 6.45) is -0.184. The standard InChI is InChI=1S/C19H19F2IN2O3/c20-13-6-12(5-11-1-2-14(22)8-16(11)21)18(19(23)25)17(7-13)27-10-15-9-24-3-4-26-15/h1-2,6-8,15,24H,3-5,9-10H2,(H2,23,25). The Bertz CT molecular complexity index is 842. The molecule has 0 aromatic heterocycles. The lowest BCUT2D eigenvalue weighted by atomic mass is 9.98. The summed E-state index contributed by atoms with van der Waals surface area (Å²) in [6.45, 7) is 2.06. The molecule has 5 nitrogen and oxygen atoms in total. The smallest absolute Gasteiger partial charge is 0.252 e. The molecule has 1 aliphatic heterocycles. The summed E-state index contributed by atoms with van der Waals surface area (Å²) in [6, 6.07) is 7.03. The van der Waals surface area contributed by atoms with Crippen molar-refractivity contribution in [1.29, 1.82) is 0 Å². The number of halogens is 3. The highest BCUT2D eigenvalue weighted by Crippen LogP contribution is 2.27. The van der Waals surface area contributed by atoms with Crippen molar-refractivity contribution >= 4 is 28.5 Å². The molecule has 1 atom stereocenters. The Morgan fingerprint density at radius 2 is 2.11 bits per heavy atom. The molecule has 1 heterocycles. The maximum absolute atomic E-state index is 14.2. The van der Waals surface area contributed by atoms with E-state index >= 15 is 0 Å². The Balaban J connectivity index is 1.88. The number of morpholine rings is 1. The molecule has 0 aliphatic carbocycles. The van der Waals surface area contributed by atoms with Crippen LogP contribution >= 0.6 is 22.6 Å². The van der Waals surface area contributed by atoms with Gasteiger partial charge >= 0.3 is 0 Å². The molecule has 0 saturated carbocycles. The van der Waals surface area contributed by atoms with Gasteiger partial charge in [-0.2, -0.15) is 0 Å². The molecule has 27 heavy (non-hydrogen) atoms. The lowest BCUT2D eigenvalue weighted by Crippen LogP contribution is -2.41. The van der Waals surface area contributed by atoms with Crippen molar-refractivity contribution < 1.29 is 23.0 Å². The fourth-order valence-electron chi connectivity index (χ4n) is 2.95. The Kier molecular flexibility index (Phi) is 6.61. The summed E-state index contributed by atoms with van der Waals surface area (Å²) in [5, 5.41) is 3.16. The first-order chi connectivity index (χ1) is 12.9. The summed E-state index contributed by atoms with van der Waals surface area (Å²) in [4.78, 5) is 12.0. The Labute approximate surface area is 169 Å². The lowest BCUT2D eigenvalue weighted by molar-refractivity contribution is -0.0000385. The van der Waals surface area contributed by atoms with Crippen LogP contribution in [0, 0.1) is 15.2 Å². The highest BCUT2D eigenvalue weighted by atomic mass is 127. The lowest BCUT2D eigenvalue weighted by Gasteiger charge is -2.24. The van der Waals surface area contributed by atoms with Crippen molar-refractivity contribution in [1.82, 2.24) is 5.32 Å². The van der Waals surface area contributed by atoms with Gasteiger partial charge in [0, 0.05) is 29.1 Å². The van der Waals surface area contributed by atoms with Gasteiger partial charge in [-0.05, 0) is 51.9 Å². The normalized spacial score (nSPS) is 16.9. The number of carbonyl (C=O) groups is 1. The monoisotopic (exact) mass is 488 g/mol. The average molecular weight is 488 g/mol. The third-order valence-corrected chi connectivity index (χ3v) is 4.89. The van der Waals surface area contributed by atoms with Gasteiger partial charge in [0.2, 0.25) is 0 Å². The van der Waals surface area contributed by atoms with Gasteiger partial charge in [0.1, 0.15) is 30.1 Å². The highest BCUT2D eigenvalue weighted by molar-refractivity contribution is 14.1. The van der Waals surface area contributed by atoms with Crippen molar-refractivity contribution in [3.05, 3.63) is 62.2 Å². The summed E-state index contributed by atoms with van der Waals surface area (Å²) in [7, 11) is 0. The van der Waals surface area contributed by atoms with Crippen LogP contribution in [0.2, 0.25) is 0 Å². The van der Waals surface area contributed by atoms with Gasteiger partial charge in [-0.25, -0.2) is 8.78 Å². The quantitative estimate of drug-likeness (QED) is 0.614. The van der Waals surface area contributed by atoms with E-state index in [1.54, 1.807) is 12.1 Å². The number of nitrogens with one attached hydrogen (secondary N) is 1. The van der Waals surface area contributed by atoms with Gasteiger partial charge in [-0.3, -0.25) is 4.79 Å². The molecule has 3 N–H and O–H groups in total. The minimum Gasteiger partial charge on any atom is -0.490 e. The third kappa shape index (κ3) is 5.14. The van der Waals surface area contributed by atoms with Crippen molar-refractivity contribution in [2.75, 3.05) is 26.3 Å². The first-order valence-electron chi connectivity index (χ1n) is 8.45. The summed E-state index contributed by atoms with van der Waals surface area (Å²) >= 11 is 2.00. The molecule has 0 radical (unpaired) electrons. The van der Waals surface area contributed by atoms with Crippen LogP contribution in [0.25, 0.3) is 0 Å². The summed E-state index contributed by atoms with van der Waals surface area (Å²) in [5.41, 5.74) is 6.18. The van der Waals surface area contributed by atoms with E-state index in [-0.39, 0.29) is 36.0 Å². The number of benzene rings is 2. The van der Waals surface area contributed by atoms with Gasteiger partial charge in [-0.1, -0.05) is 6.07 Å². The van der Waals surface area contributed by atoms with Crippen LogP contribution < -0.4 is 15.8 Å². The molecular formula is C19H19F2IN2O3. The van der Waals surface area contributed by atoms with Crippen LogP contribution in [-0.2, 0) is 11.2 Å². The van der Waals surface area contributed by atoms with E-state index in [1.165, 1.54) is 12.1 Å². The van der Waals surface area contributed by atoms with Crippen LogP contribution in [0.4, 0.5) is 8.78 Å². The molecule has 8 heteroatoms. The molecule has 2 aromatic rings. The maximum atomic E-state index is 14.2. The fourth-order valence-corrected chi connectivity index (χ4v) is 3.40.